The number of nitrogens with zero attached hydrogens (tertiary/aromatic N) is 1. The van der Waals surface area contributed by atoms with Gasteiger partial charge in [-0.05, 0) is 11.5 Å². The van der Waals surface area contributed by atoms with Crippen molar-refractivity contribution in [3.05, 3.63) is 10.9 Å². The SMILES string of the molecule is COc1cc(C#CCO)sn1. The van der Waals surface area contributed by atoms with Crippen LogP contribution in [0.2, 0.25) is 0 Å². The van der Waals surface area contributed by atoms with Crippen LogP contribution in [0.15, 0.2) is 6.07 Å². The first-order valence-electron chi connectivity index (χ1n) is 2.97. The van der Waals surface area contributed by atoms with Crippen molar-refractivity contribution in [2.24, 2.45) is 0 Å². The fourth-order valence-corrected chi connectivity index (χ4v) is 1.13. The molecule has 0 fully saturated rings. The van der Waals surface area contributed by atoms with E-state index in [1.165, 1.54) is 11.5 Å². The Balaban J connectivity index is 2.72. The lowest BCUT2D eigenvalue weighted by molar-refractivity contribution is 0.350. The fourth-order valence-electron chi connectivity index (χ4n) is 0.541. The van der Waals surface area contributed by atoms with E-state index in [9.17, 15) is 0 Å². The molecule has 0 aliphatic heterocycles. The van der Waals surface area contributed by atoms with E-state index in [1.54, 1.807) is 13.2 Å². The number of aliphatic hydroxyl groups excluding tert-OH is 1. The molecule has 0 unspecified atom stereocenters. The van der Waals surface area contributed by atoms with E-state index in [1.807, 2.05) is 0 Å². The minimum Gasteiger partial charge on any atom is -0.480 e. The molecule has 3 nitrogen and oxygen atoms in total. The van der Waals surface area contributed by atoms with E-state index < -0.39 is 0 Å². The molecule has 0 bridgehead atoms. The Hall–Kier alpha value is -1.05. The lowest BCUT2D eigenvalue weighted by Gasteiger charge is -1.85. The van der Waals surface area contributed by atoms with Gasteiger partial charge in [0.25, 0.3) is 0 Å². The Bertz CT molecular complexity index is 284. The minimum atomic E-state index is -0.125. The van der Waals surface area contributed by atoms with Crippen LogP contribution in [0.1, 0.15) is 4.88 Å². The Kier molecular flexibility index (Phi) is 2.90. The summed E-state index contributed by atoms with van der Waals surface area (Å²) in [5, 5.41) is 8.37. The molecule has 0 atom stereocenters. The number of methoxy groups -OCH3 is 1. The lowest BCUT2D eigenvalue weighted by atomic mass is 10.5. The van der Waals surface area contributed by atoms with Crippen molar-refractivity contribution in [3.63, 3.8) is 0 Å². The van der Waals surface area contributed by atoms with Crippen LogP contribution in [0.3, 0.4) is 0 Å². The number of aliphatic hydroxyl groups is 1. The van der Waals surface area contributed by atoms with Crippen LogP contribution in [0, 0.1) is 11.8 Å². The lowest BCUT2D eigenvalue weighted by Crippen LogP contribution is -1.78. The summed E-state index contributed by atoms with van der Waals surface area (Å²) in [7, 11) is 1.55. The summed E-state index contributed by atoms with van der Waals surface area (Å²) in [5.74, 6) is 5.81. The van der Waals surface area contributed by atoms with Crippen molar-refractivity contribution in [1.82, 2.24) is 4.37 Å². The molecule has 0 saturated carbocycles. The Labute approximate surface area is 68.8 Å². The summed E-state index contributed by atoms with van der Waals surface area (Å²) in [5.41, 5.74) is 0. The Morgan fingerprint density at radius 2 is 2.64 bits per heavy atom. The van der Waals surface area contributed by atoms with Gasteiger partial charge >= 0.3 is 0 Å². The highest BCUT2D eigenvalue weighted by Crippen LogP contribution is 2.14. The number of rotatable bonds is 1. The summed E-state index contributed by atoms with van der Waals surface area (Å²) in [6.07, 6.45) is 0. The molecule has 58 valence electrons. The second kappa shape index (κ2) is 3.96. The highest BCUT2D eigenvalue weighted by Gasteiger charge is 1.96. The maximum atomic E-state index is 8.37. The molecule has 0 saturated heterocycles. The molecule has 4 heteroatoms. The molecule has 1 aromatic rings. The van der Waals surface area contributed by atoms with Crippen molar-refractivity contribution in [3.8, 4) is 17.7 Å². The smallest absolute Gasteiger partial charge is 0.226 e. The van der Waals surface area contributed by atoms with Gasteiger partial charge in [-0.15, -0.1) is 0 Å². The molecular weight excluding hydrogens is 162 g/mol. The maximum Gasteiger partial charge on any atom is 0.226 e. The average Bonchev–Trinajstić information content (AvgIpc) is 2.48. The van der Waals surface area contributed by atoms with Crippen LogP contribution in [0.4, 0.5) is 0 Å². The van der Waals surface area contributed by atoms with Crippen molar-refractivity contribution in [1.29, 1.82) is 0 Å². The highest BCUT2D eigenvalue weighted by atomic mass is 32.1. The third-order valence-corrected chi connectivity index (χ3v) is 1.68. The summed E-state index contributed by atoms with van der Waals surface area (Å²) in [6, 6.07) is 1.73. The van der Waals surface area contributed by atoms with Gasteiger partial charge in [0.2, 0.25) is 5.88 Å². The van der Waals surface area contributed by atoms with Crippen molar-refractivity contribution < 1.29 is 9.84 Å². The fraction of sp³-hybridized carbons (Fsp3) is 0.286. The van der Waals surface area contributed by atoms with Crippen molar-refractivity contribution in [2.75, 3.05) is 13.7 Å². The van der Waals surface area contributed by atoms with E-state index in [-0.39, 0.29) is 6.61 Å². The average molecular weight is 169 g/mol. The molecule has 1 N–H and O–H groups in total. The molecule has 0 amide bonds. The second-order valence-electron chi connectivity index (χ2n) is 1.69. The maximum absolute atomic E-state index is 8.37. The van der Waals surface area contributed by atoms with Gasteiger partial charge in [-0.2, -0.15) is 4.37 Å². The number of hydrogen-bond acceptors (Lipinski definition) is 4. The summed E-state index contributed by atoms with van der Waals surface area (Å²) in [6.45, 7) is -0.125. The van der Waals surface area contributed by atoms with Gasteiger partial charge in [-0.3, -0.25) is 0 Å². The van der Waals surface area contributed by atoms with Crippen LogP contribution in [0.5, 0.6) is 5.88 Å². The van der Waals surface area contributed by atoms with Gasteiger partial charge < -0.3 is 9.84 Å². The summed E-state index contributed by atoms with van der Waals surface area (Å²) in [4.78, 5) is 0.802. The van der Waals surface area contributed by atoms with E-state index in [0.29, 0.717) is 5.88 Å². The van der Waals surface area contributed by atoms with E-state index >= 15 is 0 Å². The van der Waals surface area contributed by atoms with Crippen molar-refractivity contribution >= 4 is 11.5 Å². The molecule has 0 radical (unpaired) electrons. The first-order chi connectivity index (χ1) is 5.36. The van der Waals surface area contributed by atoms with E-state index in [2.05, 4.69) is 16.2 Å². The van der Waals surface area contributed by atoms with Gasteiger partial charge in [0, 0.05) is 6.07 Å². The molecule has 1 rings (SSSR count). The summed E-state index contributed by atoms with van der Waals surface area (Å²) < 4.78 is 8.77. The van der Waals surface area contributed by atoms with Gasteiger partial charge in [-0.25, -0.2) is 0 Å². The predicted molar refractivity (Wildman–Crippen MR) is 42.6 cm³/mol. The molecular formula is C7H7NO2S. The Morgan fingerprint density at radius 1 is 1.82 bits per heavy atom. The molecule has 1 aromatic heterocycles. The predicted octanol–water partition coefficient (Wildman–Crippen LogP) is 0.495. The second-order valence-corrected chi connectivity index (χ2v) is 2.50. The van der Waals surface area contributed by atoms with Crippen LogP contribution in [-0.4, -0.2) is 23.2 Å². The molecule has 1 heterocycles. The van der Waals surface area contributed by atoms with Crippen LogP contribution < -0.4 is 4.74 Å². The Morgan fingerprint density at radius 3 is 3.18 bits per heavy atom. The summed E-state index contributed by atoms with van der Waals surface area (Å²) >= 11 is 1.25. The number of ether oxygens (including phenoxy) is 1. The number of hydrogen-bond donors (Lipinski definition) is 1. The quantitative estimate of drug-likeness (QED) is 0.622. The molecule has 11 heavy (non-hydrogen) atoms. The van der Waals surface area contributed by atoms with Crippen LogP contribution in [0.25, 0.3) is 0 Å². The third-order valence-electron chi connectivity index (χ3n) is 0.988. The minimum absolute atomic E-state index is 0.125. The highest BCUT2D eigenvalue weighted by molar-refractivity contribution is 7.06. The first kappa shape index (κ1) is 8.05. The zero-order chi connectivity index (χ0) is 8.10. The van der Waals surface area contributed by atoms with Crippen LogP contribution >= 0.6 is 11.5 Å². The number of aromatic nitrogens is 1. The van der Waals surface area contributed by atoms with Gasteiger partial charge in [0.05, 0.1) is 7.11 Å². The zero-order valence-corrected chi connectivity index (χ0v) is 6.81. The molecule has 0 spiro atoms. The van der Waals surface area contributed by atoms with Gasteiger partial charge in [-0.1, -0.05) is 11.8 Å². The van der Waals surface area contributed by atoms with Crippen LogP contribution in [-0.2, 0) is 0 Å². The standard InChI is InChI=1S/C7H7NO2S/c1-10-7-5-6(11-8-7)3-2-4-9/h5,9H,4H2,1H3. The van der Waals surface area contributed by atoms with Gasteiger partial charge in [0.1, 0.15) is 11.5 Å². The molecule has 0 aliphatic carbocycles. The molecule has 0 aliphatic rings. The largest absolute Gasteiger partial charge is 0.480 e. The topological polar surface area (TPSA) is 42.4 Å². The normalized spacial score (nSPS) is 8.55. The van der Waals surface area contributed by atoms with Gasteiger partial charge in [0.15, 0.2) is 0 Å². The first-order valence-corrected chi connectivity index (χ1v) is 3.74. The van der Waals surface area contributed by atoms with E-state index in [0.717, 1.165) is 4.88 Å². The van der Waals surface area contributed by atoms with E-state index in [4.69, 9.17) is 9.84 Å². The third kappa shape index (κ3) is 2.22. The monoisotopic (exact) mass is 169 g/mol. The molecule has 0 aromatic carbocycles. The van der Waals surface area contributed by atoms with Crippen molar-refractivity contribution in [2.45, 2.75) is 0 Å². The zero-order valence-electron chi connectivity index (χ0n) is 6.00.